The Kier molecular flexibility index (Phi) is 3.54. The molecule has 0 aliphatic carbocycles. The van der Waals surface area contributed by atoms with Crippen LogP contribution in [-0.2, 0) is 4.74 Å². The van der Waals surface area contributed by atoms with Crippen molar-refractivity contribution < 1.29 is 9.53 Å². The fraction of sp³-hybridized carbons (Fsp3) is 0.889. The van der Waals surface area contributed by atoms with Crippen molar-refractivity contribution in [3.8, 4) is 0 Å². The topological polar surface area (TPSA) is 55.6 Å². The number of hydrogen-bond donors (Lipinski definition) is 1. The highest BCUT2D eigenvalue weighted by atomic mass is 16.6. The van der Waals surface area contributed by atoms with Gasteiger partial charge < -0.3 is 15.4 Å². The van der Waals surface area contributed by atoms with Crippen molar-refractivity contribution in [2.45, 2.75) is 38.8 Å². The zero-order valence-corrected chi connectivity index (χ0v) is 8.32. The lowest BCUT2D eigenvalue weighted by molar-refractivity contribution is 0.0168. The number of cyclic esters (lactones) is 1. The average Bonchev–Trinajstić information content (AvgIpc) is 2.16. The van der Waals surface area contributed by atoms with Crippen LogP contribution in [-0.4, -0.2) is 36.2 Å². The van der Waals surface area contributed by atoms with Gasteiger partial charge in [-0.3, -0.25) is 0 Å². The van der Waals surface area contributed by atoms with Crippen LogP contribution in [0.5, 0.6) is 0 Å². The van der Waals surface area contributed by atoms with Crippen molar-refractivity contribution in [1.29, 1.82) is 0 Å². The molecule has 13 heavy (non-hydrogen) atoms. The lowest BCUT2D eigenvalue weighted by atomic mass is 10.1. The predicted octanol–water partition coefficient (Wildman–Crippen LogP) is 0.955. The Hall–Kier alpha value is -0.770. The molecule has 1 heterocycles. The molecule has 2 unspecified atom stereocenters. The van der Waals surface area contributed by atoms with Gasteiger partial charge >= 0.3 is 6.09 Å². The molecule has 2 atom stereocenters. The van der Waals surface area contributed by atoms with Gasteiger partial charge in [-0.05, 0) is 13.3 Å². The van der Waals surface area contributed by atoms with Crippen LogP contribution >= 0.6 is 0 Å². The summed E-state index contributed by atoms with van der Waals surface area (Å²) in [5.74, 6) is 0. The van der Waals surface area contributed by atoms with Crippen molar-refractivity contribution in [1.82, 2.24) is 4.90 Å². The van der Waals surface area contributed by atoms with Crippen LogP contribution in [0.3, 0.4) is 0 Å². The van der Waals surface area contributed by atoms with Gasteiger partial charge in [-0.2, -0.15) is 0 Å². The van der Waals surface area contributed by atoms with E-state index < -0.39 is 0 Å². The molecular formula is C9H18N2O2. The Bertz CT molecular complexity index is 184. The summed E-state index contributed by atoms with van der Waals surface area (Å²) in [6.07, 6.45) is 1.53. The molecule has 0 radical (unpaired) electrons. The van der Waals surface area contributed by atoms with Crippen molar-refractivity contribution >= 4 is 6.09 Å². The number of carbonyl (C=O) groups excluding carboxylic acids is 1. The lowest BCUT2D eigenvalue weighted by Gasteiger charge is -2.34. The van der Waals surface area contributed by atoms with Crippen LogP contribution in [0, 0.1) is 0 Å². The second-order valence-corrected chi connectivity index (χ2v) is 3.48. The summed E-state index contributed by atoms with van der Waals surface area (Å²) < 4.78 is 5.13. The Labute approximate surface area is 79.0 Å². The van der Waals surface area contributed by atoms with Gasteiger partial charge in [0.25, 0.3) is 0 Å². The van der Waals surface area contributed by atoms with Gasteiger partial charge in [0.1, 0.15) is 6.10 Å². The summed E-state index contributed by atoms with van der Waals surface area (Å²) >= 11 is 0. The SMILES string of the molecule is CCC(C)N1CCC(CN)OC1=O. The number of ether oxygens (including phenoxy) is 1. The van der Waals surface area contributed by atoms with Crippen molar-refractivity contribution in [3.05, 3.63) is 0 Å². The summed E-state index contributed by atoms with van der Waals surface area (Å²) in [5.41, 5.74) is 5.42. The summed E-state index contributed by atoms with van der Waals surface area (Å²) in [6.45, 7) is 5.30. The van der Waals surface area contributed by atoms with Crippen LogP contribution < -0.4 is 5.73 Å². The third kappa shape index (κ3) is 2.34. The molecule has 1 saturated heterocycles. The van der Waals surface area contributed by atoms with Crippen molar-refractivity contribution in [3.63, 3.8) is 0 Å². The molecule has 0 aromatic heterocycles. The summed E-state index contributed by atoms with van der Waals surface area (Å²) in [7, 11) is 0. The molecule has 1 amide bonds. The Balaban J connectivity index is 2.48. The first-order valence-electron chi connectivity index (χ1n) is 4.86. The first-order chi connectivity index (χ1) is 6.19. The second-order valence-electron chi connectivity index (χ2n) is 3.48. The highest BCUT2D eigenvalue weighted by molar-refractivity contribution is 5.68. The van der Waals surface area contributed by atoms with E-state index in [-0.39, 0.29) is 18.2 Å². The molecule has 2 N–H and O–H groups in total. The van der Waals surface area contributed by atoms with E-state index >= 15 is 0 Å². The van der Waals surface area contributed by atoms with E-state index in [1.807, 2.05) is 6.92 Å². The van der Waals surface area contributed by atoms with Gasteiger partial charge in [0.05, 0.1) is 0 Å². The highest BCUT2D eigenvalue weighted by Gasteiger charge is 2.28. The maximum Gasteiger partial charge on any atom is 0.410 e. The number of nitrogens with zero attached hydrogens (tertiary/aromatic N) is 1. The molecule has 0 spiro atoms. The van der Waals surface area contributed by atoms with Gasteiger partial charge in [-0.15, -0.1) is 0 Å². The lowest BCUT2D eigenvalue weighted by Crippen LogP contribution is -2.48. The van der Waals surface area contributed by atoms with Crippen LogP contribution in [0.2, 0.25) is 0 Å². The summed E-state index contributed by atoms with van der Waals surface area (Å²) in [4.78, 5) is 13.2. The molecule has 1 aliphatic rings. The Morgan fingerprint density at radius 2 is 2.46 bits per heavy atom. The fourth-order valence-corrected chi connectivity index (χ4v) is 1.43. The summed E-state index contributed by atoms with van der Waals surface area (Å²) in [5, 5.41) is 0. The van der Waals surface area contributed by atoms with Crippen LogP contribution in [0.1, 0.15) is 26.7 Å². The average molecular weight is 186 g/mol. The molecule has 76 valence electrons. The van der Waals surface area contributed by atoms with Crippen molar-refractivity contribution in [2.24, 2.45) is 5.73 Å². The quantitative estimate of drug-likeness (QED) is 0.714. The number of rotatable bonds is 3. The maximum absolute atomic E-state index is 11.4. The zero-order chi connectivity index (χ0) is 9.84. The largest absolute Gasteiger partial charge is 0.445 e. The van der Waals surface area contributed by atoms with Crippen LogP contribution in [0.15, 0.2) is 0 Å². The molecule has 0 saturated carbocycles. The molecule has 0 bridgehead atoms. The fourth-order valence-electron chi connectivity index (χ4n) is 1.43. The normalized spacial score (nSPS) is 25.6. The molecule has 1 rings (SSSR count). The summed E-state index contributed by atoms with van der Waals surface area (Å²) in [6, 6.07) is 0.270. The number of carbonyl (C=O) groups is 1. The molecule has 4 nitrogen and oxygen atoms in total. The molecule has 1 fully saturated rings. The smallest absolute Gasteiger partial charge is 0.410 e. The monoisotopic (exact) mass is 186 g/mol. The number of hydrogen-bond acceptors (Lipinski definition) is 3. The molecule has 1 aliphatic heterocycles. The van der Waals surface area contributed by atoms with E-state index in [1.54, 1.807) is 4.90 Å². The molecule has 4 heteroatoms. The molecular weight excluding hydrogens is 168 g/mol. The van der Waals surface area contributed by atoms with E-state index in [0.717, 1.165) is 19.4 Å². The molecule has 0 aromatic rings. The van der Waals surface area contributed by atoms with E-state index in [4.69, 9.17) is 10.5 Å². The van der Waals surface area contributed by atoms with Gasteiger partial charge in [0.2, 0.25) is 0 Å². The predicted molar refractivity (Wildman–Crippen MR) is 50.4 cm³/mol. The van der Waals surface area contributed by atoms with Crippen molar-refractivity contribution in [2.75, 3.05) is 13.1 Å². The second kappa shape index (κ2) is 4.46. The third-order valence-electron chi connectivity index (χ3n) is 2.58. The number of amides is 1. The van der Waals surface area contributed by atoms with Crippen LogP contribution in [0.4, 0.5) is 4.79 Å². The zero-order valence-electron chi connectivity index (χ0n) is 8.32. The van der Waals surface area contributed by atoms with E-state index in [2.05, 4.69) is 6.92 Å². The third-order valence-corrected chi connectivity index (χ3v) is 2.58. The minimum atomic E-state index is -0.212. The standard InChI is InChI=1S/C9H18N2O2/c1-3-7(2)11-5-4-8(6-10)13-9(11)12/h7-8H,3-6,10H2,1-2H3. The Morgan fingerprint density at radius 3 is 2.92 bits per heavy atom. The van der Waals surface area contributed by atoms with Gasteiger partial charge in [0.15, 0.2) is 0 Å². The minimum Gasteiger partial charge on any atom is -0.445 e. The Morgan fingerprint density at radius 1 is 1.77 bits per heavy atom. The van der Waals surface area contributed by atoms with Gasteiger partial charge in [0, 0.05) is 25.6 Å². The minimum absolute atomic E-state index is 0.0761. The number of nitrogens with two attached hydrogens (primary N) is 1. The maximum atomic E-state index is 11.4. The highest BCUT2D eigenvalue weighted by Crippen LogP contribution is 2.15. The van der Waals surface area contributed by atoms with E-state index in [1.165, 1.54) is 0 Å². The van der Waals surface area contributed by atoms with E-state index in [9.17, 15) is 4.79 Å². The van der Waals surface area contributed by atoms with Crippen LogP contribution in [0.25, 0.3) is 0 Å². The first-order valence-corrected chi connectivity index (χ1v) is 4.86. The van der Waals surface area contributed by atoms with Gasteiger partial charge in [-0.25, -0.2) is 4.79 Å². The first kappa shape index (κ1) is 10.3. The van der Waals surface area contributed by atoms with E-state index in [0.29, 0.717) is 6.54 Å². The molecule has 0 aromatic carbocycles. The van der Waals surface area contributed by atoms with Gasteiger partial charge in [-0.1, -0.05) is 6.92 Å².